The minimum atomic E-state index is -1.18. The van der Waals surface area contributed by atoms with Crippen molar-refractivity contribution in [3.63, 3.8) is 0 Å². The highest BCUT2D eigenvalue weighted by molar-refractivity contribution is 5.86. The number of rotatable bonds is 2. The van der Waals surface area contributed by atoms with Crippen molar-refractivity contribution in [3.8, 4) is 0 Å². The zero-order valence-corrected chi connectivity index (χ0v) is 6.42. The lowest BCUT2D eigenvalue weighted by atomic mass is 10.1. The van der Waals surface area contributed by atoms with Crippen molar-refractivity contribution in [2.75, 3.05) is 0 Å². The third-order valence-corrected chi connectivity index (χ3v) is 1.47. The second-order valence-corrected chi connectivity index (χ2v) is 2.64. The molecule has 0 fully saturated rings. The molecule has 1 N–H and O–H groups in total. The van der Waals surface area contributed by atoms with Crippen LogP contribution in [0.25, 0.3) is 0 Å². The number of carboxylic acid groups (broad SMARTS) is 1. The molecule has 1 aromatic heterocycles. The van der Waals surface area contributed by atoms with Crippen LogP contribution < -0.4 is 5.11 Å². The Labute approximate surface area is 64.2 Å². The second kappa shape index (κ2) is 2.74. The van der Waals surface area contributed by atoms with Crippen LogP contribution in [0.15, 0.2) is 6.20 Å². The minimum absolute atomic E-state index is 0.130. The largest absolute Gasteiger partial charge is 0.545 e. The molecule has 0 unspecified atom stereocenters. The average Bonchev–Trinajstić information content (AvgIpc) is 2.32. The Balaban J connectivity index is 3.06. The molecule has 0 spiro atoms. The number of hydrogen-bond donors (Lipinski definition) is 1. The monoisotopic (exact) mass is 153 g/mol. The van der Waals surface area contributed by atoms with Gasteiger partial charge in [-0.2, -0.15) is 5.10 Å². The lowest BCUT2D eigenvalue weighted by Gasteiger charge is -2.05. The van der Waals surface area contributed by atoms with E-state index < -0.39 is 5.97 Å². The summed E-state index contributed by atoms with van der Waals surface area (Å²) in [6, 6.07) is 0. The third-order valence-electron chi connectivity index (χ3n) is 1.47. The molecule has 0 radical (unpaired) electrons. The lowest BCUT2D eigenvalue weighted by molar-refractivity contribution is -0.255. The summed E-state index contributed by atoms with van der Waals surface area (Å²) in [6.07, 6.45) is 1.27. The van der Waals surface area contributed by atoms with Gasteiger partial charge in [0.2, 0.25) is 0 Å². The fraction of sp³-hybridized carbons (Fsp3) is 0.429. The van der Waals surface area contributed by atoms with Crippen LogP contribution in [0.5, 0.6) is 0 Å². The fourth-order valence-corrected chi connectivity index (χ4v) is 0.899. The van der Waals surface area contributed by atoms with Gasteiger partial charge in [0.25, 0.3) is 0 Å². The number of nitrogens with zero attached hydrogens (tertiary/aromatic N) is 1. The van der Waals surface area contributed by atoms with E-state index >= 15 is 0 Å². The first-order valence-corrected chi connectivity index (χ1v) is 3.37. The third kappa shape index (κ3) is 1.39. The van der Waals surface area contributed by atoms with E-state index in [1.165, 1.54) is 6.20 Å². The molecular formula is C7H9N2O2-. The molecule has 11 heavy (non-hydrogen) atoms. The molecule has 4 heteroatoms. The zero-order valence-electron chi connectivity index (χ0n) is 6.42. The molecule has 0 saturated heterocycles. The van der Waals surface area contributed by atoms with Crippen molar-refractivity contribution in [1.82, 2.24) is 10.2 Å². The summed E-state index contributed by atoms with van der Waals surface area (Å²) >= 11 is 0. The van der Waals surface area contributed by atoms with Gasteiger partial charge in [-0.1, -0.05) is 13.8 Å². The Morgan fingerprint density at radius 1 is 1.73 bits per heavy atom. The second-order valence-electron chi connectivity index (χ2n) is 2.64. The van der Waals surface area contributed by atoms with Gasteiger partial charge in [-0.15, -0.1) is 0 Å². The number of H-pyrrole nitrogens is 1. The molecule has 0 aromatic carbocycles. The van der Waals surface area contributed by atoms with E-state index in [9.17, 15) is 9.90 Å². The summed E-state index contributed by atoms with van der Waals surface area (Å²) in [5.74, 6) is -1.05. The normalized spacial score (nSPS) is 10.5. The van der Waals surface area contributed by atoms with Gasteiger partial charge in [0.05, 0.1) is 12.2 Å². The summed E-state index contributed by atoms with van der Waals surface area (Å²) in [7, 11) is 0. The molecule has 0 saturated carbocycles. The van der Waals surface area contributed by atoms with E-state index in [2.05, 4.69) is 10.2 Å². The van der Waals surface area contributed by atoms with Crippen LogP contribution in [0.1, 0.15) is 35.8 Å². The van der Waals surface area contributed by atoms with Gasteiger partial charge in [0, 0.05) is 11.3 Å². The zero-order chi connectivity index (χ0) is 8.43. The van der Waals surface area contributed by atoms with Crippen LogP contribution >= 0.6 is 0 Å². The number of carboxylic acids is 1. The molecule has 4 nitrogen and oxygen atoms in total. The van der Waals surface area contributed by atoms with E-state index in [0.29, 0.717) is 5.69 Å². The first-order chi connectivity index (χ1) is 5.13. The smallest absolute Gasteiger partial charge is 0.0749 e. The van der Waals surface area contributed by atoms with Crippen LogP contribution in [0.4, 0.5) is 0 Å². The number of aromatic carboxylic acids is 1. The molecule has 0 aliphatic heterocycles. The Hall–Kier alpha value is -1.32. The molecule has 0 aliphatic rings. The maximum atomic E-state index is 10.4. The van der Waals surface area contributed by atoms with Crippen LogP contribution in [0.3, 0.4) is 0 Å². The van der Waals surface area contributed by atoms with Crippen molar-refractivity contribution >= 4 is 5.97 Å². The van der Waals surface area contributed by atoms with Gasteiger partial charge in [-0.05, 0) is 5.92 Å². The summed E-state index contributed by atoms with van der Waals surface area (Å²) in [4.78, 5) is 10.4. The van der Waals surface area contributed by atoms with E-state index in [1.54, 1.807) is 0 Å². The lowest BCUT2D eigenvalue weighted by Crippen LogP contribution is -2.23. The van der Waals surface area contributed by atoms with Gasteiger partial charge in [0.1, 0.15) is 0 Å². The first kappa shape index (κ1) is 7.78. The Morgan fingerprint density at radius 3 is 2.73 bits per heavy atom. The molecule has 1 aromatic rings. The van der Waals surface area contributed by atoms with Crippen molar-refractivity contribution in [3.05, 3.63) is 17.5 Å². The molecule has 1 heterocycles. The van der Waals surface area contributed by atoms with Gasteiger partial charge in [-0.3, -0.25) is 5.10 Å². The summed E-state index contributed by atoms with van der Waals surface area (Å²) < 4.78 is 0. The molecule has 1 rings (SSSR count). The van der Waals surface area contributed by atoms with Gasteiger partial charge >= 0.3 is 0 Å². The molecule has 0 atom stereocenters. The Bertz CT molecular complexity index is 265. The molecule has 0 amide bonds. The van der Waals surface area contributed by atoms with Crippen LogP contribution in [0, 0.1) is 0 Å². The maximum Gasteiger partial charge on any atom is 0.0749 e. The van der Waals surface area contributed by atoms with E-state index in [4.69, 9.17) is 0 Å². The predicted molar refractivity (Wildman–Crippen MR) is 37.0 cm³/mol. The van der Waals surface area contributed by atoms with Crippen molar-refractivity contribution in [2.45, 2.75) is 19.8 Å². The van der Waals surface area contributed by atoms with E-state index in [1.807, 2.05) is 13.8 Å². The number of carbonyl (C=O) groups excluding carboxylic acids is 1. The predicted octanol–water partition coefficient (Wildman–Crippen LogP) is -0.103. The quantitative estimate of drug-likeness (QED) is 0.644. The van der Waals surface area contributed by atoms with Crippen LogP contribution in [-0.2, 0) is 0 Å². The van der Waals surface area contributed by atoms with Crippen LogP contribution in [0.2, 0.25) is 0 Å². The number of aromatic amines is 1. The molecule has 60 valence electrons. The van der Waals surface area contributed by atoms with Crippen molar-refractivity contribution < 1.29 is 9.90 Å². The average molecular weight is 153 g/mol. The van der Waals surface area contributed by atoms with E-state index in [0.717, 1.165) is 0 Å². The van der Waals surface area contributed by atoms with Gasteiger partial charge < -0.3 is 9.90 Å². The summed E-state index contributed by atoms with van der Waals surface area (Å²) in [6.45, 7) is 3.78. The fourth-order valence-electron chi connectivity index (χ4n) is 0.899. The van der Waals surface area contributed by atoms with Gasteiger partial charge in [0.15, 0.2) is 0 Å². The molecule has 0 aliphatic carbocycles. The summed E-state index contributed by atoms with van der Waals surface area (Å²) in [5.41, 5.74) is 0.769. The highest BCUT2D eigenvalue weighted by Gasteiger charge is 2.08. The highest BCUT2D eigenvalue weighted by Crippen LogP contribution is 2.14. The number of nitrogens with one attached hydrogen (secondary N) is 1. The highest BCUT2D eigenvalue weighted by atomic mass is 16.4. The van der Waals surface area contributed by atoms with Crippen molar-refractivity contribution in [1.29, 1.82) is 0 Å². The standard InChI is InChI=1S/C7H10N2O2/c1-4(2)6-5(7(10)11)3-8-9-6/h3-4H,1-2H3,(H,8,9)(H,10,11)/p-1. The number of hydrogen-bond acceptors (Lipinski definition) is 3. The topological polar surface area (TPSA) is 68.8 Å². The van der Waals surface area contributed by atoms with Crippen LogP contribution in [-0.4, -0.2) is 16.2 Å². The maximum absolute atomic E-state index is 10.4. The molecule has 0 bridgehead atoms. The summed E-state index contributed by atoms with van der Waals surface area (Å²) in [5, 5.41) is 16.7. The first-order valence-electron chi connectivity index (χ1n) is 3.37. The Morgan fingerprint density at radius 2 is 2.36 bits per heavy atom. The number of carbonyl (C=O) groups is 1. The SMILES string of the molecule is CC(C)c1[nH]ncc1C(=O)[O-]. The Kier molecular flexibility index (Phi) is 1.94. The molecular weight excluding hydrogens is 144 g/mol. The van der Waals surface area contributed by atoms with Crippen molar-refractivity contribution in [2.24, 2.45) is 0 Å². The van der Waals surface area contributed by atoms with Gasteiger partial charge in [-0.25, -0.2) is 0 Å². The van der Waals surface area contributed by atoms with E-state index in [-0.39, 0.29) is 11.5 Å². The number of aromatic nitrogens is 2. The minimum Gasteiger partial charge on any atom is -0.545 e.